The van der Waals surface area contributed by atoms with Gasteiger partial charge in [-0.15, -0.1) is 11.3 Å². The van der Waals surface area contributed by atoms with Crippen molar-refractivity contribution < 1.29 is 5.11 Å². The van der Waals surface area contributed by atoms with E-state index in [0.717, 1.165) is 21.8 Å². The molecular weight excluding hydrogens is 290 g/mol. The molecule has 108 valence electrons. The molecule has 0 saturated carbocycles. The minimum atomic E-state index is -0.536. The summed E-state index contributed by atoms with van der Waals surface area (Å²) in [6.07, 6.45) is 0.00897. The number of aliphatic hydroxyl groups excluding tert-OH is 1. The second-order valence-electron chi connectivity index (χ2n) is 6.10. The molecule has 0 radical (unpaired) electrons. The molecule has 1 atom stereocenters. The Hall–Kier alpha value is -0.900. The number of rotatable bonds is 3. The lowest BCUT2D eigenvalue weighted by Crippen LogP contribution is -2.12. The van der Waals surface area contributed by atoms with Crippen molar-refractivity contribution >= 4 is 22.9 Å². The van der Waals surface area contributed by atoms with Gasteiger partial charge in [0.15, 0.2) is 0 Å². The molecule has 0 bridgehead atoms. The van der Waals surface area contributed by atoms with Crippen LogP contribution in [-0.4, -0.2) is 10.1 Å². The van der Waals surface area contributed by atoms with Crippen molar-refractivity contribution in [2.24, 2.45) is 0 Å². The van der Waals surface area contributed by atoms with Gasteiger partial charge in [-0.2, -0.15) is 0 Å². The zero-order valence-electron chi connectivity index (χ0n) is 12.3. The SMILES string of the molecule is Cc1cc(Cl)ccc1C(O)Cc1nc(C(C)(C)C)cs1. The summed E-state index contributed by atoms with van der Waals surface area (Å²) < 4.78 is 0. The van der Waals surface area contributed by atoms with Crippen molar-refractivity contribution in [3.05, 3.63) is 50.4 Å². The number of aliphatic hydroxyl groups is 1. The average molecular weight is 310 g/mol. The minimum absolute atomic E-state index is 0.0515. The van der Waals surface area contributed by atoms with E-state index < -0.39 is 6.10 Å². The first-order chi connectivity index (χ1) is 9.27. The minimum Gasteiger partial charge on any atom is -0.388 e. The van der Waals surface area contributed by atoms with Gasteiger partial charge in [-0.05, 0) is 30.2 Å². The van der Waals surface area contributed by atoms with Gasteiger partial charge in [0.25, 0.3) is 0 Å². The van der Waals surface area contributed by atoms with Gasteiger partial charge in [-0.1, -0.05) is 38.4 Å². The smallest absolute Gasteiger partial charge is 0.0957 e. The Morgan fingerprint density at radius 2 is 2.05 bits per heavy atom. The molecule has 0 spiro atoms. The molecule has 0 fully saturated rings. The van der Waals surface area contributed by atoms with Crippen molar-refractivity contribution in [1.82, 2.24) is 4.98 Å². The van der Waals surface area contributed by atoms with E-state index in [2.05, 4.69) is 31.1 Å². The Morgan fingerprint density at radius 1 is 1.35 bits per heavy atom. The standard InChI is InChI=1S/C16H20ClNOS/c1-10-7-11(17)5-6-12(10)13(19)8-15-18-14(9-20-15)16(2,3)4/h5-7,9,13,19H,8H2,1-4H3. The van der Waals surface area contributed by atoms with Gasteiger partial charge in [-0.25, -0.2) is 4.98 Å². The highest BCUT2D eigenvalue weighted by atomic mass is 35.5. The van der Waals surface area contributed by atoms with Gasteiger partial charge in [0, 0.05) is 22.2 Å². The normalized spacial score (nSPS) is 13.5. The second kappa shape index (κ2) is 5.84. The molecule has 0 aliphatic rings. The summed E-state index contributed by atoms with van der Waals surface area (Å²) in [5, 5.41) is 14.1. The lowest BCUT2D eigenvalue weighted by Gasteiger charge is -2.15. The van der Waals surface area contributed by atoms with Crippen LogP contribution in [0.5, 0.6) is 0 Å². The molecule has 0 amide bonds. The molecule has 1 aromatic heterocycles. The zero-order chi connectivity index (χ0) is 14.9. The van der Waals surface area contributed by atoms with Crippen LogP contribution in [0.25, 0.3) is 0 Å². The fourth-order valence-corrected chi connectivity index (χ4v) is 3.32. The lowest BCUT2D eigenvalue weighted by molar-refractivity contribution is 0.177. The van der Waals surface area contributed by atoms with Gasteiger partial charge < -0.3 is 5.11 Å². The van der Waals surface area contributed by atoms with E-state index in [1.165, 1.54) is 0 Å². The number of thiazole rings is 1. The van der Waals surface area contributed by atoms with E-state index in [9.17, 15) is 5.11 Å². The van der Waals surface area contributed by atoms with Crippen LogP contribution in [0, 0.1) is 6.92 Å². The van der Waals surface area contributed by atoms with Crippen molar-refractivity contribution in [2.75, 3.05) is 0 Å². The quantitative estimate of drug-likeness (QED) is 0.893. The fourth-order valence-electron chi connectivity index (χ4n) is 2.04. The van der Waals surface area contributed by atoms with Gasteiger partial charge in [0.05, 0.1) is 16.8 Å². The van der Waals surface area contributed by atoms with Crippen molar-refractivity contribution in [2.45, 2.75) is 45.6 Å². The van der Waals surface area contributed by atoms with E-state index in [-0.39, 0.29) is 5.41 Å². The van der Waals surface area contributed by atoms with Crippen molar-refractivity contribution in [3.63, 3.8) is 0 Å². The predicted molar refractivity (Wildman–Crippen MR) is 85.7 cm³/mol. The van der Waals surface area contributed by atoms with Crippen molar-refractivity contribution in [1.29, 1.82) is 0 Å². The number of aryl methyl sites for hydroxylation is 1. The first-order valence-electron chi connectivity index (χ1n) is 6.66. The van der Waals surface area contributed by atoms with E-state index in [1.54, 1.807) is 11.3 Å². The van der Waals surface area contributed by atoms with E-state index in [4.69, 9.17) is 11.6 Å². The number of nitrogens with zero attached hydrogens (tertiary/aromatic N) is 1. The molecule has 1 N–H and O–H groups in total. The summed E-state index contributed by atoms with van der Waals surface area (Å²) in [7, 11) is 0. The fraction of sp³-hybridized carbons (Fsp3) is 0.438. The lowest BCUT2D eigenvalue weighted by atomic mass is 9.93. The zero-order valence-corrected chi connectivity index (χ0v) is 13.8. The molecule has 1 aromatic carbocycles. The first-order valence-corrected chi connectivity index (χ1v) is 7.92. The summed E-state index contributed by atoms with van der Waals surface area (Å²) in [6, 6.07) is 5.58. The van der Waals surface area contributed by atoms with Crippen LogP contribution >= 0.6 is 22.9 Å². The van der Waals surface area contributed by atoms with Gasteiger partial charge >= 0.3 is 0 Å². The number of aromatic nitrogens is 1. The highest BCUT2D eigenvalue weighted by Gasteiger charge is 2.19. The number of hydrogen-bond donors (Lipinski definition) is 1. The second-order valence-corrected chi connectivity index (χ2v) is 7.48. The van der Waals surface area contributed by atoms with Crippen LogP contribution in [-0.2, 0) is 11.8 Å². The summed E-state index contributed by atoms with van der Waals surface area (Å²) >= 11 is 7.55. The van der Waals surface area contributed by atoms with Crippen molar-refractivity contribution in [3.8, 4) is 0 Å². The molecule has 4 heteroatoms. The van der Waals surface area contributed by atoms with E-state index in [0.29, 0.717) is 11.4 Å². The highest BCUT2D eigenvalue weighted by Crippen LogP contribution is 2.28. The third kappa shape index (κ3) is 3.60. The summed E-state index contributed by atoms with van der Waals surface area (Å²) in [6.45, 7) is 8.40. The van der Waals surface area contributed by atoms with Gasteiger partial charge in [0.1, 0.15) is 0 Å². The molecule has 20 heavy (non-hydrogen) atoms. The maximum absolute atomic E-state index is 10.4. The Morgan fingerprint density at radius 3 is 2.60 bits per heavy atom. The van der Waals surface area contributed by atoms with Crippen LogP contribution in [0.4, 0.5) is 0 Å². The number of halogens is 1. The van der Waals surface area contributed by atoms with Crippen LogP contribution in [0.2, 0.25) is 5.02 Å². The van der Waals surface area contributed by atoms with Crippen LogP contribution < -0.4 is 0 Å². The predicted octanol–water partition coefficient (Wildman–Crippen LogP) is 4.68. The molecule has 0 aliphatic heterocycles. The van der Waals surface area contributed by atoms with Gasteiger partial charge in [0.2, 0.25) is 0 Å². The third-order valence-corrected chi connectivity index (χ3v) is 4.39. The maximum atomic E-state index is 10.4. The number of hydrogen-bond acceptors (Lipinski definition) is 3. The first kappa shape index (κ1) is 15.5. The molecule has 2 aromatic rings. The maximum Gasteiger partial charge on any atom is 0.0957 e. The molecular formula is C16H20ClNOS. The molecule has 2 rings (SSSR count). The summed E-state index contributed by atoms with van der Waals surface area (Å²) in [5.74, 6) is 0. The Labute approximate surface area is 129 Å². The molecule has 1 unspecified atom stereocenters. The highest BCUT2D eigenvalue weighted by molar-refractivity contribution is 7.09. The molecule has 2 nitrogen and oxygen atoms in total. The van der Waals surface area contributed by atoms with Crippen LogP contribution in [0.15, 0.2) is 23.6 Å². The average Bonchev–Trinajstić information content (AvgIpc) is 2.76. The van der Waals surface area contributed by atoms with Gasteiger partial charge in [-0.3, -0.25) is 0 Å². The molecule has 0 aliphatic carbocycles. The third-order valence-electron chi connectivity index (χ3n) is 3.28. The van der Waals surface area contributed by atoms with E-state index >= 15 is 0 Å². The van der Waals surface area contributed by atoms with E-state index in [1.807, 2.05) is 25.1 Å². The Kier molecular flexibility index (Phi) is 4.52. The number of benzene rings is 1. The molecule has 0 saturated heterocycles. The summed E-state index contributed by atoms with van der Waals surface area (Å²) in [4.78, 5) is 4.63. The van der Waals surface area contributed by atoms with Crippen LogP contribution in [0.1, 0.15) is 48.7 Å². The molecule has 1 heterocycles. The Balaban J connectivity index is 2.15. The monoisotopic (exact) mass is 309 g/mol. The van der Waals surface area contributed by atoms with Crippen LogP contribution in [0.3, 0.4) is 0 Å². The largest absolute Gasteiger partial charge is 0.388 e. The Bertz CT molecular complexity index is 601. The topological polar surface area (TPSA) is 33.1 Å². The summed E-state index contributed by atoms with van der Waals surface area (Å²) in [5.41, 5.74) is 3.06.